The number of rotatable bonds is 6. The molecule has 0 aliphatic heterocycles. The first-order chi connectivity index (χ1) is 11.9. The minimum absolute atomic E-state index is 0.0989. The summed E-state index contributed by atoms with van der Waals surface area (Å²) in [7, 11) is 1.39. The maximum atomic E-state index is 12.1. The van der Waals surface area contributed by atoms with Crippen molar-refractivity contribution in [3.63, 3.8) is 0 Å². The van der Waals surface area contributed by atoms with Gasteiger partial charge in [-0.15, -0.1) is 0 Å². The molecule has 0 atom stereocenters. The summed E-state index contributed by atoms with van der Waals surface area (Å²) in [6.07, 6.45) is 0.915. The number of hydrogen-bond donors (Lipinski definition) is 2. The van der Waals surface area contributed by atoms with Gasteiger partial charge in [-0.2, -0.15) is 0 Å². The molecule has 6 nitrogen and oxygen atoms in total. The van der Waals surface area contributed by atoms with Crippen molar-refractivity contribution in [3.05, 3.63) is 52.5 Å². The number of aryl methyl sites for hydroxylation is 1. The van der Waals surface area contributed by atoms with E-state index in [1.807, 2.05) is 19.1 Å². The van der Waals surface area contributed by atoms with Crippen LogP contribution in [0.2, 0.25) is 5.02 Å². The van der Waals surface area contributed by atoms with Gasteiger partial charge in [0, 0.05) is 11.8 Å². The molecule has 0 aliphatic rings. The second-order valence-corrected chi connectivity index (χ2v) is 5.66. The predicted molar refractivity (Wildman–Crippen MR) is 97.1 cm³/mol. The number of ether oxygens (including phenoxy) is 2. The molecule has 0 saturated carbocycles. The highest BCUT2D eigenvalue weighted by atomic mass is 35.5. The van der Waals surface area contributed by atoms with Crippen LogP contribution in [0.1, 0.15) is 22.8 Å². The van der Waals surface area contributed by atoms with Crippen LogP contribution in [0.5, 0.6) is 5.75 Å². The number of anilines is 2. The number of carbonyl (C=O) groups excluding carboxylic acids is 2. The maximum Gasteiger partial charge on any atom is 0.342 e. The second kappa shape index (κ2) is 8.39. The molecular weight excluding hydrogens is 344 g/mol. The van der Waals surface area contributed by atoms with Crippen LogP contribution in [-0.2, 0) is 16.0 Å². The Kier molecular flexibility index (Phi) is 6.25. The van der Waals surface area contributed by atoms with Gasteiger partial charge in [0.25, 0.3) is 5.91 Å². The highest BCUT2D eigenvalue weighted by molar-refractivity contribution is 6.33. The van der Waals surface area contributed by atoms with Crippen LogP contribution in [0.15, 0.2) is 36.4 Å². The van der Waals surface area contributed by atoms with Crippen molar-refractivity contribution in [2.24, 2.45) is 0 Å². The molecule has 2 aromatic rings. The molecule has 25 heavy (non-hydrogen) atoms. The van der Waals surface area contributed by atoms with Gasteiger partial charge >= 0.3 is 5.97 Å². The molecule has 0 spiro atoms. The Balaban J connectivity index is 1.97. The standard InChI is InChI=1S/C18H19ClN2O4/c1-3-11-4-6-12(7-5-11)21-17(22)10-25-18(23)13-8-14(19)15(20)9-16(13)24-2/h4-9H,3,10,20H2,1-2H3,(H,21,22). The fourth-order valence-electron chi connectivity index (χ4n) is 2.13. The summed E-state index contributed by atoms with van der Waals surface area (Å²) in [5.74, 6) is -0.948. The van der Waals surface area contributed by atoms with E-state index in [4.69, 9.17) is 26.8 Å². The second-order valence-electron chi connectivity index (χ2n) is 5.25. The first kappa shape index (κ1) is 18.6. The molecule has 0 saturated heterocycles. The lowest BCUT2D eigenvalue weighted by Gasteiger charge is -2.11. The van der Waals surface area contributed by atoms with E-state index in [0.717, 1.165) is 12.0 Å². The molecule has 0 radical (unpaired) electrons. The zero-order valence-corrected chi connectivity index (χ0v) is 14.7. The summed E-state index contributed by atoms with van der Waals surface area (Å²) in [6.45, 7) is 1.62. The molecule has 2 aromatic carbocycles. The van der Waals surface area contributed by atoms with Gasteiger partial charge in [0.05, 0.1) is 17.8 Å². The third-order valence-electron chi connectivity index (χ3n) is 3.52. The van der Waals surface area contributed by atoms with Crippen LogP contribution >= 0.6 is 11.6 Å². The molecule has 0 aliphatic carbocycles. The van der Waals surface area contributed by atoms with Gasteiger partial charge in [0.2, 0.25) is 0 Å². The molecular formula is C18H19ClN2O4. The van der Waals surface area contributed by atoms with Crippen LogP contribution in [0.25, 0.3) is 0 Å². The lowest BCUT2D eigenvalue weighted by atomic mass is 10.1. The number of nitrogens with one attached hydrogen (secondary N) is 1. The molecule has 0 aromatic heterocycles. The summed E-state index contributed by atoms with van der Waals surface area (Å²) in [5, 5.41) is 2.86. The van der Waals surface area contributed by atoms with Crippen molar-refractivity contribution >= 4 is 34.9 Å². The summed E-state index contributed by atoms with van der Waals surface area (Å²) in [4.78, 5) is 24.1. The van der Waals surface area contributed by atoms with E-state index in [1.165, 1.54) is 19.2 Å². The third kappa shape index (κ3) is 4.87. The Morgan fingerprint density at radius 3 is 2.48 bits per heavy atom. The van der Waals surface area contributed by atoms with Crippen LogP contribution in [-0.4, -0.2) is 25.6 Å². The number of benzene rings is 2. The summed E-state index contributed by atoms with van der Waals surface area (Å²) in [5.41, 5.74) is 7.84. The van der Waals surface area contributed by atoms with Gasteiger partial charge in [-0.25, -0.2) is 4.79 Å². The minimum atomic E-state index is -0.727. The highest BCUT2D eigenvalue weighted by Crippen LogP contribution is 2.29. The maximum absolute atomic E-state index is 12.1. The number of hydrogen-bond acceptors (Lipinski definition) is 5. The van der Waals surface area contributed by atoms with Gasteiger partial charge in [0.15, 0.2) is 6.61 Å². The molecule has 0 heterocycles. The van der Waals surface area contributed by atoms with Crippen LogP contribution in [0, 0.1) is 0 Å². The lowest BCUT2D eigenvalue weighted by Crippen LogP contribution is -2.21. The van der Waals surface area contributed by atoms with Crippen molar-refractivity contribution in [2.75, 3.05) is 24.8 Å². The Morgan fingerprint density at radius 2 is 1.88 bits per heavy atom. The zero-order chi connectivity index (χ0) is 18.4. The van der Waals surface area contributed by atoms with Crippen LogP contribution in [0.4, 0.5) is 11.4 Å². The van der Waals surface area contributed by atoms with Crippen LogP contribution in [0.3, 0.4) is 0 Å². The summed E-state index contributed by atoms with van der Waals surface area (Å²) in [6, 6.07) is 10.2. The molecule has 0 fully saturated rings. The third-order valence-corrected chi connectivity index (χ3v) is 3.85. The van der Waals surface area contributed by atoms with E-state index in [2.05, 4.69) is 5.32 Å². The van der Waals surface area contributed by atoms with Gasteiger partial charge in [0.1, 0.15) is 11.3 Å². The number of amides is 1. The van der Waals surface area contributed by atoms with E-state index in [0.29, 0.717) is 5.69 Å². The average Bonchev–Trinajstić information content (AvgIpc) is 2.62. The summed E-state index contributed by atoms with van der Waals surface area (Å²) >= 11 is 5.91. The molecule has 0 unspecified atom stereocenters. The Hall–Kier alpha value is -2.73. The van der Waals surface area contributed by atoms with E-state index < -0.39 is 18.5 Å². The van der Waals surface area contributed by atoms with Crippen molar-refractivity contribution in [1.82, 2.24) is 0 Å². The van der Waals surface area contributed by atoms with Gasteiger partial charge in [-0.1, -0.05) is 30.7 Å². The van der Waals surface area contributed by atoms with Crippen molar-refractivity contribution in [1.29, 1.82) is 0 Å². The molecule has 3 N–H and O–H groups in total. The van der Waals surface area contributed by atoms with E-state index in [9.17, 15) is 9.59 Å². The highest BCUT2D eigenvalue weighted by Gasteiger charge is 2.17. The Labute approximate surface area is 150 Å². The number of nitrogen functional groups attached to an aromatic ring is 1. The zero-order valence-electron chi connectivity index (χ0n) is 14.0. The number of carbonyl (C=O) groups is 2. The first-order valence-electron chi connectivity index (χ1n) is 7.63. The quantitative estimate of drug-likeness (QED) is 0.607. The largest absolute Gasteiger partial charge is 0.496 e. The summed E-state index contributed by atoms with van der Waals surface area (Å²) < 4.78 is 10.1. The molecule has 2 rings (SSSR count). The fraction of sp³-hybridized carbons (Fsp3) is 0.222. The number of methoxy groups -OCH3 is 1. The lowest BCUT2D eigenvalue weighted by molar-refractivity contribution is -0.119. The number of esters is 1. The van der Waals surface area contributed by atoms with E-state index in [-0.39, 0.29) is 22.0 Å². The smallest absolute Gasteiger partial charge is 0.342 e. The Morgan fingerprint density at radius 1 is 1.20 bits per heavy atom. The fourth-order valence-corrected chi connectivity index (χ4v) is 2.29. The molecule has 132 valence electrons. The molecule has 7 heteroatoms. The first-order valence-corrected chi connectivity index (χ1v) is 8.01. The van der Waals surface area contributed by atoms with Crippen molar-refractivity contribution < 1.29 is 19.1 Å². The SMILES string of the molecule is CCc1ccc(NC(=O)COC(=O)c2cc(Cl)c(N)cc2OC)cc1. The monoisotopic (exact) mass is 362 g/mol. The normalized spacial score (nSPS) is 10.2. The Bertz CT molecular complexity index is 775. The molecule has 1 amide bonds. The average molecular weight is 363 g/mol. The van der Waals surface area contributed by atoms with Crippen molar-refractivity contribution in [3.8, 4) is 5.75 Å². The van der Waals surface area contributed by atoms with Gasteiger partial charge in [-0.3, -0.25) is 4.79 Å². The number of halogens is 1. The van der Waals surface area contributed by atoms with E-state index in [1.54, 1.807) is 12.1 Å². The van der Waals surface area contributed by atoms with Crippen molar-refractivity contribution in [2.45, 2.75) is 13.3 Å². The van der Waals surface area contributed by atoms with Gasteiger partial charge in [-0.05, 0) is 30.2 Å². The van der Waals surface area contributed by atoms with Gasteiger partial charge < -0.3 is 20.5 Å². The predicted octanol–water partition coefficient (Wildman–Crippen LogP) is 3.29. The van der Waals surface area contributed by atoms with E-state index >= 15 is 0 Å². The van der Waals surface area contributed by atoms with Crippen LogP contribution < -0.4 is 15.8 Å². The number of nitrogens with two attached hydrogens (primary N) is 1. The topological polar surface area (TPSA) is 90.7 Å². The molecule has 0 bridgehead atoms. The minimum Gasteiger partial charge on any atom is -0.496 e.